The molecule has 1 aliphatic carbocycles. The fourth-order valence-electron chi connectivity index (χ4n) is 4.30. The molecule has 1 atom stereocenters. The summed E-state index contributed by atoms with van der Waals surface area (Å²) in [7, 11) is 1.73. The third-order valence-electron chi connectivity index (χ3n) is 5.83. The van der Waals surface area contributed by atoms with Gasteiger partial charge >= 0.3 is 0 Å². The Labute approximate surface area is 172 Å². The van der Waals surface area contributed by atoms with E-state index < -0.39 is 0 Å². The Balaban J connectivity index is 1.58. The second kappa shape index (κ2) is 8.81. The Morgan fingerprint density at radius 1 is 1.38 bits per heavy atom. The lowest BCUT2D eigenvalue weighted by Crippen LogP contribution is -2.49. The number of nitrogens with one attached hydrogen (secondary N) is 1. The van der Waals surface area contributed by atoms with Gasteiger partial charge in [0.1, 0.15) is 6.10 Å². The van der Waals surface area contributed by atoms with Gasteiger partial charge in [0, 0.05) is 51.3 Å². The molecular formula is C22H32N4O3. The van der Waals surface area contributed by atoms with Crippen molar-refractivity contribution < 1.29 is 14.3 Å². The third-order valence-corrected chi connectivity index (χ3v) is 5.83. The molecule has 1 saturated carbocycles. The van der Waals surface area contributed by atoms with E-state index in [2.05, 4.69) is 36.0 Å². The first-order valence-electron chi connectivity index (χ1n) is 10.7. The third kappa shape index (κ3) is 4.47. The number of carbonyl (C=O) groups is 1. The summed E-state index contributed by atoms with van der Waals surface area (Å²) in [4.78, 5) is 15.1. The summed E-state index contributed by atoms with van der Waals surface area (Å²) in [6.45, 7) is 8.39. The number of nitrogens with zero attached hydrogens (tertiary/aromatic N) is 3. The van der Waals surface area contributed by atoms with E-state index in [9.17, 15) is 4.79 Å². The van der Waals surface area contributed by atoms with Gasteiger partial charge in [-0.05, 0) is 50.3 Å². The number of amides is 1. The molecule has 0 bridgehead atoms. The summed E-state index contributed by atoms with van der Waals surface area (Å²) in [5.41, 5.74) is 4.57. The summed E-state index contributed by atoms with van der Waals surface area (Å²) in [6, 6.07) is 4.76. The standard InChI is InChI=1S/C22H32N4O3/c1-15-11-17(12-19-21(15)16(2)24-26(19)8-4-9-28-3)14-25(18-5-6-18)22(27)20-13-23-7-10-29-20/h11-12,18,20,23H,4-10,13-14H2,1-3H3/t20-/m1/s1. The minimum atomic E-state index is -0.365. The predicted molar refractivity (Wildman–Crippen MR) is 112 cm³/mol. The average Bonchev–Trinajstić information content (AvgIpc) is 3.51. The quantitative estimate of drug-likeness (QED) is 0.688. The number of benzene rings is 1. The number of carbonyl (C=O) groups excluding carboxylic acids is 1. The second-order valence-electron chi connectivity index (χ2n) is 8.22. The Hall–Kier alpha value is -1.96. The van der Waals surface area contributed by atoms with Crippen molar-refractivity contribution in [2.75, 3.05) is 33.4 Å². The molecule has 1 amide bonds. The summed E-state index contributed by atoms with van der Waals surface area (Å²) >= 11 is 0. The molecule has 0 spiro atoms. The van der Waals surface area contributed by atoms with Crippen LogP contribution in [0.1, 0.15) is 36.1 Å². The van der Waals surface area contributed by atoms with Gasteiger partial charge in [0.15, 0.2) is 0 Å². The normalized spacial score (nSPS) is 19.6. The predicted octanol–water partition coefficient (Wildman–Crippen LogP) is 2.17. The van der Waals surface area contributed by atoms with Crippen molar-refractivity contribution in [3.8, 4) is 0 Å². The minimum absolute atomic E-state index is 0.113. The van der Waals surface area contributed by atoms with E-state index in [0.717, 1.165) is 55.7 Å². The van der Waals surface area contributed by atoms with Crippen LogP contribution < -0.4 is 5.32 Å². The Bertz CT molecular complexity index is 869. The van der Waals surface area contributed by atoms with Gasteiger partial charge in [-0.15, -0.1) is 0 Å². The molecule has 1 aromatic carbocycles. The number of fused-ring (bicyclic) bond motifs is 1. The molecule has 0 radical (unpaired) electrons. The lowest BCUT2D eigenvalue weighted by atomic mass is 10.0. The van der Waals surface area contributed by atoms with E-state index in [-0.39, 0.29) is 12.0 Å². The highest BCUT2D eigenvalue weighted by molar-refractivity contribution is 5.86. The lowest BCUT2D eigenvalue weighted by Gasteiger charge is -2.30. The van der Waals surface area contributed by atoms with Crippen molar-refractivity contribution >= 4 is 16.8 Å². The van der Waals surface area contributed by atoms with Crippen LogP contribution in [-0.4, -0.2) is 66.1 Å². The van der Waals surface area contributed by atoms with Gasteiger partial charge in [0.2, 0.25) is 0 Å². The summed E-state index contributed by atoms with van der Waals surface area (Å²) < 4.78 is 13.0. The summed E-state index contributed by atoms with van der Waals surface area (Å²) in [5.74, 6) is 0.113. The van der Waals surface area contributed by atoms with E-state index in [1.807, 2.05) is 4.90 Å². The average molecular weight is 401 g/mol. The summed E-state index contributed by atoms with van der Waals surface area (Å²) in [6.07, 6.45) is 2.73. The number of hydrogen-bond acceptors (Lipinski definition) is 5. The topological polar surface area (TPSA) is 68.6 Å². The van der Waals surface area contributed by atoms with Crippen LogP contribution in [0.4, 0.5) is 0 Å². The molecular weight excluding hydrogens is 368 g/mol. The highest BCUT2D eigenvalue weighted by atomic mass is 16.5. The minimum Gasteiger partial charge on any atom is -0.385 e. The van der Waals surface area contributed by atoms with Crippen LogP contribution in [0.2, 0.25) is 0 Å². The molecule has 2 aromatic rings. The number of hydrogen-bond donors (Lipinski definition) is 1. The van der Waals surface area contributed by atoms with Gasteiger partial charge in [-0.1, -0.05) is 6.07 Å². The van der Waals surface area contributed by atoms with E-state index in [0.29, 0.717) is 25.7 Å². The Morgan fingerprint density at radius 2 is 2.21 bits per heavy atom. The highest BCUT2D eigenvalue weighted by Crippen LogP contribution is 2.31. The maximum Gasteiger partial charge on any atom is 0.253 e. The fraction of sp³-hybridized carbons (Fsp3) is 0.636. The number of rotatable bonds is 8. The zero-order valence-corrected chi connectivity index (χ0v) is 17.7. The van der Waals surface area contributed by atoms with Crippen molar-refractivity contribution in [2.24, 2.45) is 0 Å². The number of ether oxygens (including phenoxy) is 2. The van der Waals surface area contributed by atoms with Crippen molar-refractivity contribution in [1.29, 1.82) is 0 Å². The second-order valence-corrected chi connectivity index (χ2v) is 8.22. The van der Waals surface area contributed by atoms with Crippen LogP contribution in [-0.2, 0) is 27.4 Å². The molecule has 7 nitrogen and oxygen atoms in total. The largest absolute Gasteiger partial charge is 0.385 e. The van der Waals surface area contributed by atoms with Crippen LogP contribution in [0.3, 0.4) is 0 Å². The molecule has 4 rings (SSSR count). The molecule has 1 saturated heterocycles. The van der Waals surface area contributed by atoms with E-state index in [4.69, 9.17) is 14.6 Å². The Kier molecular flexibility index (Phi) is 6.18. The molecule has 2 heterocycles. The van der Waals surface area contributed by atoms with Crippen LogP contribution in [0.5, 0.6) is 0 Å². The van der Waals surface area contributed by atoms with Gasteiger partial charge in [0.25, 0.3) is 5.91 Å². The van der Waals surface area contributed by atoms with Gasteiger partial charge in [-0.2, -0.15) is 5.10 Å². The molecule has 0 unspecified atom stereocenters. The van der Waals surface area contributed by atoms with Crippen molar-refractivity contribution in [3.63, 3.8) is 0 Å². The molecule has 1 aromatic heterocycles. The molecule has 29 heavy (non-hydrogen) atoms. The highest BCUT2D eigenvalue weighted by Gasteiger charge is 2.37. The van der Waals surface area contributed by atoms with Crippen LogP contribution in [0, 0.1) is 13.8 Å². The lowest BCUT2D eigenvalue weighted by molar-refractivity contribution is -0.146. The van der Waals surface area contributed by atoms with Crippen molar-refractivity contribution in [3.05, 3.63) is 29.0 Å². The van der Waals surface area contributed by atoms with Gasteiger partial charge < -0.3 is 19.7 Å². The number of methoxy groups -OCH3 is 1. The molecule has 158 valence electrons. The molecule has 7 heteroatoms. The Morgan fingerprint density at radius 3 is 2.90 bits per heavy atom. The molecule has 2 aliphatic rings. The zero-order chi connectivity index (χ0) is 20.4. The molecule has 2 fully saturated rings. The fourth-order valence-corrected chi connectivity index (χ4v) is 4.30. The van der Waals surface area contributed by atoms with E-state index in [1.54, 1.807) is 7.11 Å². The number of morpholine rings is 1. The smallest absolute Gasteiger partial charge is 0.253 e. The van der Waals surface area contributed by atoms with Crippen molar-refractivity contribution in [2.45, 2.75) is 58.3 Å². The summed E-state index contributed by atoms with van der Waals surface area (Å²) in [5, 5.41) is 9.24. The number of aryl methyl sites for hydroxylation is 3. The first-order valence-corrected chi connectivity index (χ1v) is 10.7. The van der Waals surface area contributed by atoms with Crippen LogP contribution in [0.25, 0.3) is 10.9 Å². The zero-order valence-electron chi connectivity index (χ0n) is 17.7. The first-order chi connectivity index (χ1) is 14.1. The van der Waals surface area contributed by atoms with E-state index in [1.165, 1.54) is 10.9 Å². The number of aromatic nitrogens is 2. The maximum atomic E-state index is 13.1. The maximum absolute atomic E-state index is 13.1. The monoisotopic (exact) mass is 400 g/mol. The molecule has 1 N–H and O–H groups in total. The van der Waals surface area contributed by atoms with Crippen molar-refractivity contribution in [1.82, 2.24) is 20.0 Å². The van der Waals surface area contributed by atoms with Crippen LogP contribution >= 0.6 is 0 Å². The van der Waals surface area contributed by atoms with Gasteiger partial charge in [-0.25, -0.2) is 0 Å². The molecule has 1 aliphatic heterocycles. The SMILES string of the molecule is COCCCn1nc(C)c2c(C)cc(CN(C(=O)[C@H]3CNCCO3)C3CC3)cc21. The van der Waals surface area contributed by atoms with E-state index >= 15 is 0 Å². The van der Waals surface area contributed by atoms with Crippen LogP contribution in [0.15, 0.2) is 12.1 Å². The first kappa shape index (κ1) is 20.3. The van der Waals surface area contributed by atoms with Gasteiger partial charge in [-0.3, -0.25) is 9.48 Å². The van der Waals surface area contributed by atoms with Gasteiger partial charge in [0.05, 0.1) is 17.8 Å².